The first kappa shape index (κ1) is 24.9. The number of methoxy groups -OCH3 is 1. The topological polar surface area (TPSA) is 82.6 Å². The molecule has 2 N–H and O–H groups in total. The fourth-order valence-electron chi connectivity index (χ4n) is 4.86. The molecule has 0 bridgehead atoms. The Morgan fingerprint density at radius 3 is 2.59 bits per heavy atom. The number of halogens is 2. The van der Waals surface area contributed by atoms with Gasteiger partial charge in [0.15, 0.2) is 11.6 Å². The predicted octanol–water partition coefficient (Wildman–Crippen LogP) is 3.92. The lowest BCUT2D eigenvalue weighted by Crippen LogP contribution is -2.43. The Bertz CT molecular complexity index is 1330. The van der Waals surface area contributed by atoms with E-state index in [0.29, 0.717) is 22.7 Å². The van der Waals surface area contributed by atoms with Crippen LogP contribution >= 0.6 is 0 Å². The van der Waals surface area contributed by atoms with Crippen molar-refractivity contribution in [1.29, 1.82) is 0 Å². The van der Waals surface area contributed by atoms with Gasteiger partial charge in [0.1, 0.15) is 17.3 Å². The number of rotatable bonds is 6. The van der Waals surface area contributed by atoms with Gasteiger partial charge in [0.25, 0.3) is 0 Å². The summed E-state index contributed by atoms with van der Waals surface area (Å²) < 4.78 is 35.6. The molecule has 0 saturated carbocycles. The highest BCUT2D eigenvalue weighted by Gasteiger charge is 2.28. The van der Waals surface area contributed by atoms with Crippen LogP contribution in [0.5, 0.6) is 5.75 Å². The van der Waals surface area contributed by atoms with Gasteiger partial charge in [0.05, 0.1) is 25.5 Å². The van der Waals surface area contributed by atoms with E-state index in [2.05, 4.69) is 25.5 Å². The Morgan fingerprint density at radius 1 is 1.08 bits per heavy atom. The van der Waals surface area contributed by atoms with Gasteiger partial charge in [-0.3, -0.25) is 4.79 Å². The van der Waals surface area contributed by atoms with Gasteiger partial charge < -0.3 is 25.2 Å². The second kappa shape index (κ2) is 10.3. The van der Waals surface area contributed by atoms with Crippen LogP contribution in [0.1, 0.15) is 19.4 Å². The molecule has 2 aliphatic heterocycles. The average Bonchev–Trinajstić information content (AvgIpc) is 2.90. The van der Waals surface area contributed by atoms with Gasteiger partial charge in [-0.15, -0.1) is 0 Å². The quantitative estimate of drug-likeness (QED) is 0.519. The van der Waals surface area contributed by atoms with Crippen molar-refractivity contribution in [2.45, 2.75) is 26.3 Å². The van der Waals surface area contributed by atoms with E-state index in [-0.39, 0.29) is 42.0 Å². The summed E-state index contributed by atoms with van der Waals surface area (Å²) in [4.78, 5) is 24.7. The number of hydrogen-bond acceptors (Lipinski definition) is 8. The molecular formula is C27H30F2N6O2. The number of nitrogens with one attached hydrogen (secondary N) is 2. The van der Waals surface area contributed by atoms with Gasteiger partial charge in [-0.2, -0.15) is 0 Å². The number of carbonyl (C=O) groups is 1. The van der Waals surface area contributed by atoms with Crippen molar-refractivity contribution in [2.24, 2.45) is 0 Å². The van der Waals surface area contributed by atoms with Crippen LogP contribution < -0.4 is 25.2 Å². The highest BCUT2D eigenvalue weighted by Crippen LogP contribution is 2.36. The van der Waals surface area contributed by atoms with Crippen LogP contribution in [0.25, 0.3) is 11.3 Å². The normalized spacial score (nSPS) is 15.7. The van der Waals surface area contributed by atoms with Gasteiger partial charge >= 0.3 is 0 Å². The van der Waals surface area contributed by atoms with E-state index in [1.807, 2.05) is 36.9 Å². The third-order valence-electron chi connectivity index (χ3n) is 6.74. The number of anilines is 4. The SMILES string of the molecule is COc1cc(Nc2ncc(F)c(-c3cc(F)c4c(c3)N(C(C)C)CC(=O)C4)n2)ccc1N1CCNCC1. The zero-order chi connectivity index (χ0) is 26.1. The smallest absolute Gasteiger partial charge is 0.227 e. The van der Waals surface area contributed by atoms with E-state index in [9.17, 15) is 9.18 Å². The van der Waals surface area contributed by atoms with E-state index in [4.69, 9.17) is 4.74 Å². The number of nitrogens with zero attached hydrogens (tertiary/aromatic N) is 4. The van der Waals surface area contributed by atoms with Crippen LogP contribution in [0.3, 0.4) is 0 Å². The van der Waals surface area contributed by atoms with Gasteiger partial charge in [0.2, 0.25) is 5.95 Å². The molecule has 0 spiro atoms. The molecule has 2 aliphatic rings. The fourth-order valence-corrected chi connectivity index (χ4v) is 4.86. The van der Waals surface area contributed by atoms with Crippen LogP contribution in [0, 0.1) is 11.6 Å². The molecule has 0 unspecified atom stereocenters. The molecule has 8 nitrogen and oxygen atoms in total. The van der Waals surface area contributed by atoms with E-state index in [0.717, 1.165) is 38.1 Å². The Kier molecular flexibility index (Phi) is 6.92. The number of hydrogen-bond donors (Lipinski definition) is 2. The highest BCUT2D eigenvalue weighted by atomic mass is 19.1. The lowest BCUT2D eigenvalue weighted by molar-refractivity contribution is -0.117. The minimum Gasteiger partial charge on any atom is -0.495 e. The van der Waals surface area contributed by atoms with E-state index in [1.165, 1.54) is 6.07 Å². The predicted molar refractivity (Wildman–Crippen MR) is 140 cm³/mol. The highest BCUT2D eigenvalue weighted by molar-refractivity contribution is 5.91. The minimum absolute atomic E-state index is 0.0233. The third kappa shape index (κ3) is 5.06. The van der Waals surface area contributed by atoms with Crippen molar-refractivity contribution >= 4 is 28.8 Å². The van der Waals surface area contributed by atoms with Crippen molar-refractivity contribution in [2.75, 3.05) is 55.0 Å². The molecule has 37 heavy (non-hydrogen) atoms. The molecule has 2 aromatic carbocycles. The number of fused-ring (bicyclic) bond motifs is 1. The maximum absolute atomic E-state index is 15.1. The summed E-state index contributed by atoms with van der Waals surface area (Å²) in [6.45, 7) is 7.64. The number of ether oxygens (including phenoxy) is 1. The second-order valence-corrected chi connectivity index (χ2v) is 9.53. The number of carbonyl (C=O) groups excluding carboxylic acids is 1. The number of Topliss-reactive ketones (excluding diaryl/α,β-unsaturated/α-hetero) is 1. The van der Waals surface area contributed by atoms with Gasteiger partial charge in [-0.25, -0.2) is 18.7 Å². The Balaban J connectivity index is 1.46. The van der Waals surface area contributed by atoms with Crippen molar-refractivity contribution < 1.29 is 18.3 Å². The summed E-state index contributed by atoms with van der Waals surface area (Å²) in [6, 6.07) is 8.62. The largest absolute Gasteiger partial charge is 0.495 e. The van der Waals surface area contributed by atoms with Crippen molar-refractivity contribution in [3.63, 3.8) is 0 Å². The van der Waals surface area contributed by atoms with Crippen LogP contribution in [-0.2, 0) is 11.2 Å². The third-order valence-corrected chi connectivity index (χ3v) is 6.74. The number of benzene rings is 2. The Morgan fingerprint density at radius 2 is 1.86 bits per heavy atom. The maximum atomic E-state index is 15.1. The zero-order valence-electron chi connectivity index (χ0n) is 21.1. The first-order valence-electron chi connectivity index (χ1n) is 12.4. The summed E-state index contributed by atoms with van der Waals surface area (Å²) in [5.41, 5.74) is 2.85. The summed E-state index contributed by atoms with van der Waals surface area (Å²) in [7, 11) is 1.62. The molecule has 3 heterocycles. The fraction of sp³-hybridized carbons (Fsp3) is 0.370. The molecule has 3 aromatic rings. The molecule has 1 fully saturated rings. The van der Waals surface area contributed by atoms with Gasteiger partial charge in [0, 0.05) is 67.2 Å². The Labute approximate surface area is 214 Å². The van der Waals surface area contributed by atoms with E-state index < -0.39 is 11.6 Å². The zero-order valence-corrected chi connectivity index (χ0v) is 21.1. The maximum Gasteiger partial charge on any atom is 0.227 e. The summed E-state index contributed by atoms with van der Waals surface area (Å²) in [5.74, 6) is -0.394. The minimum atomic E-state index is -0.667. The van der Waals surface area contributed by atoms with Crippen LogP contribution in [0.4, 0.5) is 31.8 Å². The molecule has 1 saturated heterocycles. The number of piperazine rings is 1. The molecule has 5 rings (SSSR count). The standard InChI is InChI=1S/C27H30F2N6O2/c1-16(2)35-15-19(36)13-20-21(28)10-17(11-24(20)35)26-22(29)14-31-27(33-26)32-18-4-5-23(25(12-18)37-3)34-8-6-30-7-9-34/h4-5,10-12,14,16,30H,6-9,13,15H2,1-3H3,(H,31,32,33). The first-order valence-corrected chi connectivity index (χ1v) is 12.4. The molecule has 0 atom stereocenters. The lowest BCUT2D eigenvalue weighted by atomic mass is 9.96. The van der Waals surface area contributed by atoms with Crippen LogP contribution in [-0.4, -0.2) is 61.6 Å². The van der Waals surface area contributed by atoms with Gasteiger partial charge in [-0.1, -0.05) is 0 Å². The monoisotopic (exact) mass is 508 g/mol. The molecule has 1 aromatic heterocycles. The lowest BCUT2D eigenvalue weighted by Gasteiger charge is -2.34. The number of aromatic nitrogens is 2. The van der Waals surface area contributed by atoms with Crippen molar-refractivity contribution in [3.05, 3.63) is 53.7 Å². The average molecular weight is 509 g/mol. The van der Waals surface area contributed by atoms with Gasteiger partial charge in [-0.05, 0) is 38.1 Å². The second-order valence-electron chi connectivity index (χ2n) is 9.53. The Hall–Kier alpha value is -3.79. The number of ketones is 1. The van der Waals surface area contributed by atoms with E-state index >= 15 is 4.39 Å². The van der Waals surface area contributed by atoms with Crippen LogP contribution in [0.2, 0.25) is 0 Å². The van der Waals surface area contributed by atoms with Crippen molar-refractivity contribution in [3.8, 4) is 17.0 Å². The van der Waals surface area contributed by atoms with E-state index in [1.54, 1.807) is 13.2 Å². The summed E-state index contributed by atoms with van der Waals surface area (Å²) in [6.07, 6.45) is 1.09. The van der Waals surface area contributed by atoms with Crippen LogP contribution in [0.15, 0.2) is 36.5 Å². The first-order chi connectivity index (χ1) is 17.8. The molecule has 10 heteroatoms. The summed E-state index contributed by atoms with van der Waals surface area (Å²) >= 11 is 0. The molecule has 0 amide bonds. The molecule has 0 aliphatic carbocycles. The molecule has 0 radical (unpaired) electrons. The summed E-state index contributed by atoms with van der Waals surface area (Å²) in [5, 5.41) is 6.44. The van der Waals surface area contributed by atoms with Crippen molar-refractivity contribution in [1.82, 2.24) is 15.3 Å². The molecule has 194 valence electrons. The molecular weight excluding hydrogens is 478 g/mol.